The number of benzene rings is 1. The van der Waals surface area contributed by atoms with Crippen molar-refractivity contribution in [1.82, 2.24) is 4.90 Å². The van der Waals surface area contributed by atoms with Crippen LogP contribution in [0.4, 0.5) is 0 Å². The molecule has 0 aliphatic carbocycles. The Bertz CT molecular complexity index is 562. The zero-order chi connectivity index (χ0) is 12.7. The van der Waals surface area contributed by atoms with Gasteiger partial charge in [-0.05, 0) is 58.5 Å². The van der Waals surface area contributed by atoms with Crippen LogP contribution in [0.1, 0.15) is 35.6 Å². The van der Waals surface area contributed by atoms with Gasteiger partial charge in [0.05, 0.1) is 6.26 Å². The van der Waals surface area contributed by atoms with E-state index in [1.165, 1.54) is 53.6 Å². The Morgan fingerprint density at radius 1 is 1.17 bits per heavy atom. The van der Waals surface area contributed by atoms with Gasteiger partial charge < -0.3 is 9.32 Å². The van der Waals surface area contributed by atoms with Crippen molar-refractivity contribution in [2.24, 2.45) is 0 Å². The standard InChI is InChI=1S/C16H21NO/c1-11-8-12(2)15-14(9-11)10-18-16(15)13-4-6-17(3)7-5-13/h8-10,13H,4-7H2,1-3H3. The van der Waals surface area contributed by atoms with Gasteiger partial charge in [0, 0.05) is 16.7 Å². The summed E-state index contributed by atoms with van der Waals surface area (Å²) in [6.07, 6.45) is 4.36. The quantitative estimate of drug-likeness (QED) is 0.756. The largest absolute Gasteiger partial charge is 0.468 e. The summed E-state index contributed by atoms with van der Waals surface area (Å²) in [6.45, 7) is 6.70. The maximum Gasteiger partial charge on any atom is 0.115 e. The molecule has 2 heteroatoms. The number of hydrogen-bond acceptors (Lipinski definition) is 2. The first-order chi connectivity index (χ1) is 8.65. The summed E-state index contributed by atoms with van der Waals surface area (Å²) in [5.74, 6) is 1.82. The molecule has 0 bridgehead atoms. The van der Waals surface area contributed by atoms with E-state index in [1.54, 1.807) is 0 Å². The van der Waals surface area contributed by atoms with Crippen LogP contribution in [0.3, 0.4) is 0 Å². The van der Waals surface area contributed by atoms with Crippen molar-refractivity contribution in [1.29, 1.82) is 0 Å². The molecule has 0 radical (unpaired) electrons. The van der Waals surface area contributed by atoms with E-state index in [1.807, 2.05) is 6.26 Å². The van der Waals surface area contributed by atoms with Crippen molar-refractivity contribution < 1.29 is 4.42 Å². The number of piperidine rings is 1. The molecule has 2 heterocycles. The Balaban J connectivity index is 2.02. The molecule has 0 unspecified atom stereocenters. The maximum atomic E-state index is 5.91. The lowest BCUT2D eigenvalue weighted by Gasteiger charge is -2.28. The van der Waals surface area contributed by atoms with Crippen LogP contribution in [-0.4, -0.2) is 25.0 Å². The number of furan rings is 1. The summed E-state index contributed by atoms with van der Waals surface area (Å²) >= 11 is 0. The highest BCUT2D eigenvalue weighted by Crippen LogP contribution is 2.36. The number of aryl methyl sites for hydroxylation is 2. The topological polar surface area (TPSA) is 16.4 Å². The Kier molecular flexibility index (Phi) is 2.90. The fourth-order valence-electron chi connectivity index (χ4n) is 3.19. The fourth-order valence-corrected chi connectivity index (χ4v) is 3.19. The van der Waals surface area contributed by atoms with Gasteiger partial charge >= 0.3 is 0 Å². The molecule has 1 aliphatic heterocycles. The zero-order valence-electron chi connectivity index (χ0n) is 11.5. The van der Waals surface area contributed by atoms with Crippen LogP contribution in [0.5, 0.6) is 0 Å². The maximum absolute atomic E-state index is 5.91. The van der Waals surface area contributed by atoms with E-state index in [-0.39, 0.29) is 0 Å². The number of rotatable bonds is 1. The molecule has 18 heavy (non-hydrogen) atoms. The van der Waals surface area contributed by atoms with Crippen molar-refractivity contribution in [2.75, 3.05) is 20.1 Å². The molecule has 1 aromatic carbocycles. The minimum atomic E-state index is 0.597. The second kappa shape index (κ2) is 4.43. The predicted octanol–water partition coefficient (Wildman–Crippen LogP) is 3.86. The molecule has 0 saturated carbocycles. The van der Waals surface area contributed by atoms with E-state index in [4.69, 9.17) is 4.42 Å². The highest BCUT2D eigenvalue weighted by molar-refractivity contribution is 5.88. The third-order valence-corrected chi connectivity index (χ3v) is 4.16. The van der Waals surface area contributed by atoms with Crippen LogP contribution >= 0.6 is 0 Å². The number of hydrogen-bond donors (Lipinski definition) is 0. The average molecular weight is 243 g/mol. The molecule has 2 aromatic rings. The first-order valence-corrected chi connectivity index (χ1v) is 6.82. The van der Waals surface area contributed by atoms with Crippen molar-refractivity contribution in [3.8, 4) is 0 Å². The van der Waals surface area contributed by atoms with Crippen LogP contribution < -0.4 is 0 Å². The molecule has 96 valence electrons. The minimum Gasteiger partial charge on any atom is -0.468 e. The first kappa shape index (κ1) is 11.8. The van der Waals surface area contributed by atoms with Crippen molar-refractivity contribution >= 4 is 10.8 Å². The molecule has 1 aromatic heterocycles. The number of likely N-dealkylation sites (tertiary alicyclic amines) is 1. The van der Waals surface area contributed by atoms with Gasteiger partial charge in [-0.1, -0.05) is 11.6 Å². The molecular weight excluding hydrogens is 222 g/mol. The van der Waals surface area contributed by atoms with E-state index < -0.39 is 0 Å². The third kappa shape index (κ3) is 1.95. The first-order valence-electron chi connectivity index (χ1n) is 6.82. The lowest BCUT2D eigenvalue weighted by atomic mass is 9.91. The molecule has 0 spiro atoms. The third-order valence-electron chi connectivity index (χ3n) is 4.16. The van der Waals surface area contributed by atoms with Crippen molar-refractivity contribution in [3.05, 3.63) is 35.3 Å². The van der Waals surface area contributed by atoms with Crippen molar-refractivity contribution in [2.45, 2.75) is 32.6 Å². The molecule has 3 rings (SSSR count). The molecule has 1 aliphatic rings. The summed E-state index contributed by atoms with van der Waals surface area (Å²) in [5.41, 5.74) is 2.67. The molecule has 0 amide bonds. The van der Waals surface area contributed by atoms with E-state index in [9.17, 15) is 0 Å². The highest BCUT2D eigenvalue weighted by atomic mass is 16.3. The number of fused-ring (bicyclic) bond motifs is 1. The Labute approximate surface area is 109 Å². The van der Waals surface area contributed by atoms with Gasteiger partial charge in [0.1, 0.15) is 5.76 Å². The molecular formula is C16H21NO. The van der Waals surface area contributed by atoms with Gasteiger partial charge in [0.25, 0.3) is 0 Å². The number of nitrogens with zero attached hydrogens (tertiary/aromatic N) is 1. The summed E-state index contributed by atoms with van der Waals surface area (Å²) in [4.78, 5) is 2.40. The van der Waals surface area contributed by atoms with Crippen LogP contribution in [-0.2, 0) is 0 Å². The van der Waals surface area contributed by atoms with E-state index in [0.29, 0.717) is 5.92 Å². The van der Waals surface area contributed by atoms with E-state index in [2.05, 4.69) is 37.9 Å². The molecule has 2 nitrogen and oxygen atoms in total. The van der Waals surface area contributed by atoms with Crippen LogP contribution in [0.25, 0.3) is 10.8 Å². The highest BCUT2D eigenvalue weighted by Gasteiger charge is 2.23. The molecule has 1 fully saturated rings. The average Bonchev–Trinajstić information content (AvgIpc) is 2.74. The minimum absolute atomic E-state index is 0.597. The van der Waals surface area contributed by atoms with Gasteiger partial charge in [-0.2, -0.15) is 0 Å². The van der Waals surface area contributed by atoms with Gasteiger partial charge in [0.15, 0.2) is 0 Å². The lowest BCUT2D eigenvalue weighted by Crippen LogP contribution is -2.29. The molecule has 1 saturated heterocycles. The normalized spacial score (nSPS) is 18.6. The lowest BCUT2D eigenvalue weighted by molar-refractivity contribution is 0.241. The Morgan fingerprint density at radius 3 is 2.61 bits per heavy atom. The monoisotopic (exact) mass is 243 g/mol. The Hall–Kier alpha value is -1.28. The van der Waals surface area contributed by atoms with Gasteiger partial charge in [-0.25, -0.2) is 0 Å². The van der Waals surface area contributed by atoms with Crippen LogP contribution in [0, 0.1) is 13.8 Å². The van der Waals surface area contributed by atoms with Crippen LogP contribution in [0.15, 0.2) is 22.8 Å². The predicted molar refractivity (Wildman–Crippen MR) is 75.2 cm³/mol. The van der Waals surface area contributed by atoms with E-state index in [0.717, 1.165) is 0 Å². The SMILES string of the molecule is Cc1cc(C)c2c(C3CCN(C)CC3)occ2c1. The van der Waals surface area contributed by atoms with Gasteiger partial charge in [-0.15, -0.1) is 0 Å². The van der Waals surface area contributed by atoms with Gasteiger partial charge in [-0.3, -0.25) is 0 Å². The summed E-state index contributed by atoms with van der Waals surface area (Å²) < 4.78 is 5.91. The second-order valence-electron chi connectivity index (χ2n) is 5.72. The fraction of sp³-hybridized carbons (Fsp3) is 0.500. The summed E-state index contributed by atoms with van der Waals surface area (Å²) in [5, 5.41) is 2.62. The van der Waals surface area contributed by atoms with Crippen LogP contribution in [0.2, 0.25) is 0 Å². The molecule has 0 N–H and O–H groups in total. The van der Waals surface area contributed by atoms with E-state index >= 15 is 0 Å². The zero-order valence-corrected chi connectivity index (χ0v) is 11.5. The molecule has 0 atom stereocenters. The summed E-state index contributed by atoms with van der Waals surface area (Å²) in [7, 11) is 2.20. The Morgan fingerprint density at radius 2 is 1.89 bits per heavy atom. The summed E-state index contributed by atoms with van der Waals surface area (Å²) in [6, 6.07) is 4.49. The van der Waals surface area contributed by atoms with Gasteiger partial charge in [0.2, 0.25) is 0 Å². The van der Waals surface area contributed by atoms with Crippen molar-refractivity contribution in [3.63, 3.8) is 0 Å². The smallest absolute Gasteiger partial charge is 0.115 e. The second-order valence-corrected chi connectivity index (χ2v) is 5.72.